The molecule has 1 heteroatoms. The summed E-state index contributed by atoms with van der Waals surface area (Å²) in [6.07, 6.45) is 7.92. The van der Waals surface area contributed by atoms with E-state index in [0.29, 0.717) is 0 Å². The van der Waals surface area contributed by atoms with Gasteiger partial charge in [-0.3, -0.25) is 0 Å². The summed E-state index contributed by atoms with van der Waals surface area (Å²) in [5.41, 5.74) is 3.14. The Balaban J connectivity index is 1.77. The molecule has 0 fully saturated rings. The van der Waals surface area contributed by atoms with Crippen molar-refractivity contribution < 1.29 is 0 Å². The smallest absolute Gasteiger partial charge is 0.00672 e. The van der Waals surface area contributed by atoms with Crippen molar-refractivity contribution in [1.82, 2.24) is 5.32 Å². The lowest BCUT2D eigenvalue weighted by Crippen LogP contribution is -2.36. The maximum absolute atomic E-state index is 3.80. The van der Waals surface area contributed by atoms with E-state index in [1.54, 1.807) is 11.1 Å². The van der Waals surface area contributed by atoms with E-state index >= 15 is 0 Å². The van der Waals surface area contributed by atoms with Crippen molar-refractivity contribution in [3.05, 3.63) is 35.4 Å². The van der Waals surface area contributed by atoms with Crippen LogP contribution in [0.4, 0.5) is 0 Å². The van der Waals surface area contributed by atoms with E-state index in [-0.39, 0.29) is 0 Å². The number of fused-ring (bicyclic) bond motifs is 1. The number of rotatable bonds is 8. The van der Waals surface area contributed by atoms with E-state index in [9.17, 15) is 0 Å². The standard InChI is InChI=1S/C17H27N/c1-3-5-10-16(8-4-2)18-13-15-12-14-9-6-7-11-17(14)15/h6-7,9,11,15-16,18H,3-5,8,10,12-13H2,1-2H3. The Hall–Kier alpha value is -0.820. The highest BCUT2D eigenvalue weighted by atomic mass is 14.9. The van der Waals surface area contributed by atoms with Crippen molar-refractivity contribution in [3.8, 4) is 0 Å². The molecule has 0 aromatic heterocycles. The minimum atomic E-state index is 0.739. The SMILES string of the molecule is CCCCC(CCC)NCC1Cc2ccccc21. The van der Waals surface area contributed by atoms with Gasteiger partial charge in [-0.05, 0) is 30.4 Å². The molecule has 1 aromatic carbocycles. The van der Waals surface area contributed by atoms with Gasteiger partial charge in [0.05, 0.1) is 0 Å². The van der Waals surface area contributed by atoms with Crippen LogP contribution >= 0.6 is 0 Å². The van der Waals surface area contributed by atoms with Crippen LogP contribution in [0.5, 0.6) is 0 Å². The molecule has 0 spiro atoms. The van der Waals surface area contributed by atoms with E-state index < -0.39 is 0 Å². The molecule has 1 aliphatic carbocycles. The summed E-state index contributed by atoms with van der Waals surface area (Å²) < 4.78 is 0. The lowest BCUT2D eigenvalue weighted by atomic mass is 9.77. The van der Waals surface area contributed by atoms with Crippen LogP contribution in [-0.2, 0) is 6.42 Å². The monoisotopic (exact) mass is 245 g/mol. The van der Waals surface area contributed by atoms with E-state index in [2.05, 4.69) is 43.4 Å². The van der Waals surface area contributed by atoms with Crippen molar-refractivity contribution >= 4 is 0 Å². The third-order valence-electron chi connectivity index (χ3n) is 4.16. The zero-order valence-electron chi connectivity index (χ0n) is 11.9. The van der Waals surface area contributed by atoms with E-state index in [4.69, 9.17) is 0 Å². The van der Waals surface area contributed by atoms with Gasteiger partial charge in [0.15, 0.2) is 0 Å². The van der Waals surface area contributed by atoms with Crippen molar-refractivity contribution in [2.45, 2.75) is 64.3 Å². The fourth-order valence-corrected chi connectivity index (χ4v) is 3.00. The molecule has 2 rings (SSSR count). The number of benzene rings is 1. The van der Waals surface area contributed by atoms with Crippen LogP contribution in [0, 0.1) is 0 Å². The second-order valence-electron chi connectivity index (χ2n) is 5.64. The Morgan fingerprint density at radius 1 is 1.17 bits per heavy atom. The third-order valence-corrected chi connectivity index (χ3v) is 4.16. The first-order valence-corrected chi connectivity index (χ1v) is 7.66. The zero-order chi connectivity index (χ0) is 12.8. The molecule has 1 aromatic rings. The molecule has 1 nitrogen and oxygen atoms in total. The summed E-state index contributed by atoms with van der Waals surface area (Å²) in [6.45, 7) is 5.75. The normalized spacial score (nSPS) is 19.1. The van der Waals surface area contributed by atoms with Crippen molar-refractivity contribution in [3.63, 3.8) is 0 Å². The van der Waals surface area contributed by atoms with Gasteiger partial charge in [-0.25, -0.2) is 0 Å². The van der Waals surface area contributed by atoms with Crippen LogP contribution in [0.1, 0.15) is 63.0 Å². The summed E-state index contributed by atoms with van der Waals surface area (Å²) in [5.74, 6) is 0.766. The van der Waals surface area contributed by atoms with E-state index in [0.717, 1.165) is 12.0 Å². The molecule has 1 N–H and O–H groups in total. The zero-order valence-corrected chi connectivity index (χ0v) is 11.9. The van der Waals surface area contributed by atoms with Gasteiger partial charge in [0.1, 0.15) is 0 Å². The highest BCUT2D eigenvalue weighted by Gasteiger charge is 2.25. The minimum Gasteiger partial charge on any atom is -0.313 e. The average molecular weight is 245 g/mol. The first kappa shape index (κ1) is 13.6. The van der Waals surface area contributed by atoms with Crippen LogP contribution in [0.2, 0.25) is 0 Å². The molecule has 2 atom stereocenters. The van der Waals surface area contributed by atoms with Crippen molar-refractivity contribution in [1.29, 1.82) is 0 Å². The lowest BCUT2D eigenvalue weighted by Gasteiger charge is -2.32. The maximum atomic E-state index is 3.80. The van der Waals surface area contributed by atoms with E-state index in [1.807, 2.05) is 0 Å². The highest BCUT2D eigenvalue weighted by molar-refractivity contribution is 5.40. The van der Waals surface area contributed by atoms with Crippen molar-refractivity contribution in [2.75, 3.05) is 6.54 Å². The van der Waals surface area contributed by atoms with Gasteiger partial charge in [0, 0.05) is 18.5 Å². The fraction of sp³-hybridized carbons (Fsp3) is 0.647. The molecule has 0 aliphatic heterocycles. The molecular formula is C17H27N. The highest BCUT2D eigenvalue weighted by Crippen LogP contribution is 2.34. The predicted octanol–water partition coefficient (Wildman–Crippen LogP) is 4.27. The van der Waals surface area contributed by atoms with Gasteiger partial charge in [-0.15, -0.1) is 0 Å². The fourth-order valence-electron chi connectivity index (χ4n) is 3.00. The molecule has 0 radical (unpaired) electrons. The topological polar surface area (TPSA) is 12.0 Å². The van der Waals surface area contributed by atoms with Gasteiger partial charge in [0.25, 0.3) is 0 Å². The molecule has 1 aliphatic rings. The second-order valence-corrected chi connectivity index (χ2v) is 5.64. The van der Waals surface area contributed by atoms with Crippen molar-refractivity contribution in [2.24, 2.45) is 0 Å². The van der Waals surface area contributed by atoms with Crippen LogP contribution in [0.25, 0.3) is 0 Å². The van der Waals surface area contributed by atoms with Gasteiger partial charge in [-0.2, -0.15) is 0 Å². The molecule has 2 unspecified atom stereocenters. The Labute approximate surface area is 112 Å². The number of unbranched alkanes of at least 4 members (excludes halogenated alkanes) is 1. The summed E-state index contributed by atoms with van der Waals surface area (Å²) in [4.78, 5) is 0. The lowest BCUT2D eigenvalue weighted by molar-refractivity contribution is 0.407. The molecule has 0 saturated carbocycles. The largest absolute Gasteiger partial charge is 0.313 e. The second kappa shape index (κ2) is 6.94. The molecule has 0 heterocycles. The first-order valence-electron chi connectivity index (χ1n) is 7.66. The summed E-state index contributed by atoms with van der Waals surface area (Å²) in [7, 11) is 0. The maximum Gasteiger partial charge on any atom is 0.00672 e. The number of hydrogen-bond acceptors (Lipinski definition) is 1. The minimum absolute atomic E-state index is 0.739. The third kappa shape index (κ3) is 3.35. The van der Waals surface area contributed by atoms with Crippen LogP contribution in [0.3, 0.4) is 0 Å². The number of nitrogens with one attached hydrogen (secondary N) is 1. The van der Waals surface area contributed by atoms with Gasteiger partial charge in [0.2, 0.25) is 0 Å². The molecule has 0 amide bonds. The number of hydrogen-bond donors (Lipinski definition) is 1. The summed E-state index contributed by atoms with van der Waals surface area (Å²) >= 11 is 0. The summed E-state index contributed by atoms with van der Waals surface area (Å²) in [5, 5.41) is 3.80. The Morgan fingerprint density at radius 2 is 2.00 bits per heavy atom. The Bertz CT molecular complexity index is 358. The predicted molar refractivity (Wildman–Crippen MR) is 79.1 cm³/mol. The van der Waals surface area contributed by atoms with Gasteiger partial charge >= 0.3 is 0 Å². The van der Waals surface area contributed by atoms with E-state index in [1.165, 1.54) is 45.1 Å². The molecule has 100 valence electrons. The molecule has 0 saturated heterocycles. The Kier molecular flexibility index (Phi) is 5.25. The van der Waals surface area contributed by atoms with Gasteiger partial charge < -0.3 is 5.32 Å². The van der Waals surface area contributed by atoms with Gasteiger partial charge in [-0.1, -0.05) is 57.4 Å². The summed E-state index contributed by atoms with van der Waals surface area (Å²) in [6, 6.07) is 9.64. The Morgan fingerprint density at radius 3 is 2.72 bits per heavy atom. The quantitative estimate of drug-likeness (QED) is 0.721. The first-order chi connectivity index (χ1) is 8.85. The average Bonchev–Trinajstić information content (AvgIpc) is 2.37. The van der Waals surface area contributed by atoms with Crippen LogP contribution in [0.15, 0.2) is 24.3 Å². The van der Waals surface area contributed by atoms with Crippen LogP contribution < -0.4 is 5.32 Å². The molecule has 18 heavy (non-hydrogen) atoms. The molecular weight excluding hydrogens is 218 g/mol. The van der Waals surface area contributed by atoms with Crippen LogP contribution in [-0.4, -0.2) is 12.6 Å². The molecule has 0 bridgehead atoms.